The minimum absolute atomic E-state index is 0. The Balaban J connectivity index is 0.00000162. The summed E-state index contributed by atoms with van der Waals surface area (Å²) in [4.78, 5) is -2.30. The normalized spacial score (nSPS) is 22.8. The average molecular weight is 280 g/mol. The second-order valence-corrected chi connectivity index (χ2v) is 5.70. The number of aliphatic hydroxyl groups is 1. The van der Waals surface area contributed by atoms with Gasteiger partial charge in [-0.15, -0.1) is 0 Å². The summed E-state index contributed by atoms with van der Waals surface area (Å²) in [6.07, 6.45) is 1.03. The van der Waals surface area contributed by atoms with E-state index in [1.807, 2.05) is 0 Å². The molecule has 0 radical (unpaired) electrons. The second-order valence-electron chi connectivity index (χ2n) is 4.12. The second kappa shape index (κ2) is 5.48. The van der Waals surface area contributed by atoms with Crippen molar-refractivity contribution in [1.82, 2.24) is 0 Å². The zero-order valence-electron chi connectivity index (χ0n) is 10.3. The van der Waals surface area contributed by atoms with Gasteiger partial charge in [0, 0.05) is 5.56 Å². The molecule has 1 aliphatic rings. The minimum Gasteiger partial charge on any atom is -0.745 e. The summed E-state index contributed by atoms with van der Waals surface area (Å²) >= 11 is 0. The number of rotatable bonds is 2. The van der Waals surface area contributed by atoms with Gasteiger partial charge in [-0.3, -0.25) is 0 Å². The van der Waals surface area contributed by atoms with Gasteiger partial charge in [0.1, 0.15) is 15.9 Å². The Hall–Kier alpha value is -0.110. The maximum Gasteiger partial charge on any atom is 1.00 e. The molecule has 1 atom stereocenters. The van der Waals surface area contributed by atoms with Gasteiger partial charge in [-0.2, -0.15) is 0 Å². The molecule has 2 rings (SSSR count). The zero-order valence-corrected chi connectivity index (χ0v) is 13.2. The zero-order chi connectivity index (χ0) is 12.7. The first-order chi connectivity index (χ1) is 7.88. The van der Waals surface area contributed by atoms with Crippen LogP contribution in [0.3, 0.4) is 0 Å². The van der Waals surface area contributed by atoms with E-state index < -0.39 is 15.1 Å². The summed E-state index contributed by atoms with van der Waals surface area (Å²) in [5.74, 6) is 0.580. The van der Waals surface area contributed by atoms with Crippen molar-refractivity contribution in [3.63, 3.8) is 0 Å². The van der Waals surface area contributed by atoms with E-state index in [0.717, 1.165) is 0 Å². The van der Waals surface area contributed by atoms with Crippen LogP contribution in [0.15, 0.2) is 18.2 Å². The largest absolute Gasteiger partial charge is 1.00 e. The topological polar surface area (TPSA) is 86.7 Å². The molecular weight excluding hydrogens is 267 g/mol. The molecule has 1 aliphatic carbocycles. The molecular formula is C11H13NaO5S. The van der Waals surface area contributed by atoms with Crippen LogP contribution in [0.2, 0.25) is 0 Å². The number of hydrogen-bond donors (Lipinski definition) is 1. The van der Waals surface area contributed by atoms with Crippen LogP contribution in [-0.2, 0) is 21.5 Å². The molecule has 1 N–H and O–H groups in total. The molecule has 0 spiro atoms. The molecule has 94 valence electrons. The molecule has 0 aliphatic heterocycles. The number of ether oxygens (including phenoxy) is 1. The fourth-order valence-electron chi connectivity index (χ4n) is 2.20. The molecule has 0 bridgehead atoms. The van der Waals surface area contributed by atoms with E-state index in [0.29, 0.717) is 24.2 Å². The van der Waals surface area contributed by atoms with Crippen LogP contribution in [0, 0.1) is 0 Å². The molecule has 5 nitrogen and oxygen atoms in total. The molecule has 1 aromatic carbocycles. The van der Waals surface area contributed by atoms with Gasteiger partial charge in [0.25, 0.3) is 0 Å². The van der Waals surface area contributed by atoms with Crippen molar-refractivity contribution in [2.45, 2.75) is 24.2 Å². The van der Waals surface area contributed by atoms with Gasteiger partial charge < -0.3 is 14.4 Å². The van der Waals surface area contributed by atoms with Crippen molar-refractivity contribution in [3.05, 3.63) is 29.3 Å². The SMILES string of the molecule is COc1ccc2c(c1)CCCC2(O)S(=O)(=O)[O-].[Na+]. The van der Waals surface area contributed by atoms with Crippen molar-refractivity contribution in [2.24, 2.45) is 0 Å². The van der Waals surface area contributed by atoms with Crippen LogP contribution in [-0.4, -0.2) is 25.2 Å². The fourth-order valence-corrected chi connectivity index (χ4v) is 3.06. The Morgan fingerprint density at radius 1 is 1.44 bits per heavy atom. The van der Waals surface area contributed by atoms with Crippen molar-refractivity contribution in [3.8, 4) is 5.75 Å². The van der Waals surface area contributed by atoms with Gasteiger partial charge in [-0.25, -0.2) is 8.42 Å². The smallest absolute Gasteiger partial charge is 0.745 e. The van der Waals surface area contributed by atoms with E-state index >= 15 is 0 Å². The van der Waals surface area contributed by atoms with Crippen LogP contribution >= 0.6 is 0 Å². The average Bonchev–Trinajstić information content (AvgIpc) is 2.27. The third-order valence-corrected chi connectivity index (χ3v) is 4.36. The van der Waals surface area contributed by atoms with Crippen molar-refractivity contribution in [2.75, 3.05) is 7.11 Å². The van der Waals surface area contributed by atoms with Crippen LogP contribution in [0.4, 0.5) is 0 Å². The molecule has 0 fully saturated rings. The van der Waals surface area contributed by atoms with E-state index in [1.165, 1.54) is 13.2 Å². The van der Waals surface area contributed by atoms with E-state index in [2.05, 4.69) is 0 Å². The Kier molecular flexibility index (Phi) is 4.86. The van der Waals surface area contributed by atoms with Crippen LogP contribution in [0.5, 0.6) is 5.75 Å². The Labute approximate surface area is 128 Å². The van der Waals surface area contributed by atoms with E-state index in [4.69, 9.17) is 4.74 Å². The summed E-state index contributed by atoms with van der Waals surface area (Å²) in [6.45, 7) is 0. The molecule has 1 unspecified atom stereocenters. The maximum atomic E-state index is 11.2. The van der Waals surface area contributed by atoms with Crippen molar-refractivity contribution in [1.29, 1.82) is 0 Å². The number of fused-ring (bicyclic) bond motifs is 1. The molecule has 18 heavy (non-hydrogen) atoms. The molecule has 0 saturated heterocycles. The van der Waals surface area contributed by atoms with Gasteiger partial charge in [0.15, 0.2) is 4.93 Å². The van der Waals surface area contributed by atoms with Crippen molar-refractivity contribution < 1.29 is 52.4 Å². The van der Waals surface area contributed by atoms with Gasteiger partial charge in [0.2, 0.25) is 0 Å². The third-order valence-electron chi connectivity index (χ3n) is 3.11. The number of hydrogen-bond acceptors (Lipinski definition) is 5. The van der Waals surface area contributed by atoms with Gasteiger partial charge in [0.05, 0.1) is 7.11 Å². The predicted molar refractivity (Wildman–Crippen MR) is 59.5 cm³/mol. The Morgan fingerprint density at radius 2 is 2.11 bits per heavy atom. The van der Waals surface area contributed by atoms with Crippen LogP contribution < -0.4 is 34.3 Å². The summed E-state index contributed by atoms with van der Waals surface area (Å²) in [5.41, 5.74) is 0.831. The Morgan fingerprint density at radius 3 is 2.67 bits per heavy atom. The van der Waals surface area contributed by atoms with Gasteiger partial charge in [-0.1, -0.05) is 6.07 Å². The first kappa shape index (κ1) is 15.9. The Bertz CT molecular complexity index is 542. The first-order valence-electron chi connectivity index (χ1n) is 5.24. The monoisotopic (exact) mass is 280 g/mol. The quantitative estimate of drug-likeness (QED) is 0.487. The number of aryl methyl sites for hydroxylation is 1. The van der Waals surface area contributed by atoms with Gasteiger partial charge >= 0.3 is 29.6 Å². The molecule has 0 amide bonds. The summed E-state index contributed by atoms with van der Waals surface area (Å²) in [7, 11) is -3.29. The summed E-state index contributed by atoms with van der Waals surface area (Å²) < 4.78 is 38.6. The van der Waals surface area contributed by atoms with Crippen LogP contribution in [0.25, 0.3) is 0 Å². The standard InChI is InChI=1S/C11H14O5S.Na/c1-16-9-4-5-10-8(7-9)3-2-6-11(10,12)17(13,14)15;/h4-5,7,12H,2-3,6H2,1H3,(H,13,14,15);/q;+1/p-1. The molecule has 0 aromatic heterocycles. The first-order valence-corrected chi connectivity index (χ1v) is 6.64. The predicted octanol–water partition coefficient (Wildman–Crippen LogP) is -2.27. The minimum atomic E-state index is -4.79. The maximum absolute atomic E-state index is 11.2. The van der Waals surface area contributed by atoms with E-state index in [-0.39, 0.29) is 41.5 Å². The summed E-state index contributed by atoms with van der Waals surface area (Å²) in [6, 6.07) is 4.65. The molecule has 0 heterocycles. The third kappa shape index (κ3) is 2.59. The number of methoxy groups -OCH3 is 1. The van der Waals surface area contributed by atoms with E-state index in [9.17, 15) is 18.1 Å². The van der Waals surface area contributed by atoms with Gasteiger partial charge in [-0.05, 0) is 37.0 Å². The molecule has 1 aromatic rings. The van der Waals surface area contributed by atoms with E-state index in [1.54, 1.807) is 12.1 Å². The number of benzene rings is 1. The molecule has 0 saturated carbocycles. The van der Waals surface area contributed by atoms with Crippen LogP contribution in [0.1, 0.15) is 24.0 Å². The fraction of sp³-hybridized carbons (Fsp3) is 0.455. The summed E-state index contributed by atoms with van der Waals surface area (Å²) in [5, 5.41) is 10.1. The molecule has 7 heteroatoms. The van der Waals surface area contributed by atoms with Crippen molar-refractivity contribution >= 4 is 10.1 Å².